The van der Waals surface area contributed by atoms with E-state index >= 15 is 0 Å². The highest BCUT2D eigenvalue weighted by molar-refractivity contribution is 5.85. The van der Waals surface area contributed by atoms with Gasteiger partial charge in [0.1, 0.15) is 0 Å². The van der Waals surface area contributed by atoms with Gasteiger partial charge < -0.3 is 0 Å². The third-order valence-corrected chi connectivity index (χ3v) is 7.36. The first-order chi connectivity index (χ1) is 15.8. The van der Waals surface area contributed by atoms with Crippen LogP contribution in [0, 0.1) is 6.92 Å². The molecule has 6 rings (SSSR count). The highest BCUT2D eigenvalue weighted by Gasteiger charge is 2.28. The Morgan fingerprint density at radius 1 is 0.938 bits per heavy atom. The molecule has 166 valence electrons. The van der Waals surface area contributed by atoms with Gasteiger partial charge in [-0.1, -0.05) is 43.9 Å². The molecule has 3 heterocycles. The molecule has 0 N–H and O–H groups in total. The Morgan fingerprint density at radius 2 is 1.72 bits per heavy atom. The van der Waals surface area contributed by atoms with Crippen LogP contribution in [0.1, 0.15) is 74.4 Å². The molecule has 3 aromatic heterocycles. The summed E-state index contributed by atoms with van der Waals surface area (Å²) < 4.78 is 3.99. The average Bonchev–Trinajstić information content (AvgIpc) is 3.61. The van der Waals surface area contributed by atoms with E-state index in [2.05, 4.69) is 71.8 Å². The fourth-order valence-electron chi connectivity index (χ4n) is 5.73. The van der Waals surface area contributed by atoms with Crippen molar-refractivity contribution >= 4 is 16.6 Å². The Labute approximate surface area is 186 Å². The molecule has 0 amide bonds. The van der Waals surface area contributed by atoms with Crippen molar-refractivity contribution in [2.24, 2.45) is 0 Å². The van der Waals surface area contributed by atoms with E-state index in [0.29, 0.717) is 12.1 Å². The Hall–Kier alpha value is -2.94. The first-order valence-electron chi connectivity index (χ1n) is 11.9. The van der Waals surface area contributed by atoms with Crippen molar-refractivity contribution < 1.29 is 0 Å². The van der Waals surface area contributed by atoms with Crippen LogP contribution in [0.2, 0.25) is 0 Å². The van der Waals surface area contributed by atoms with Gasteiger partial charge in [0.25, 0.3) is 0 Å². The molecule has 0 bridgehead atoms. The van der Waals surface area contributed by atoms with Gasteiger partial charge in [0.2, 0.25) is 0 Å². The number of aryl methyl sites for hydroxylation is 1. The van der Waals surface area contributed by atoms with Crippen molar-refractivity contribution in [3.63, 3.8) is 0 Å². The first kappa shape index (κ1) is 19.7. The SMILES string of the molecule is Cc1cccc2cc(CN(Cc3nnnn3C3CCCC3)C3CCCC3)c3nnnn3c12. The molecule has 2 aliphatic carbocycles. The number of pyridine rings is 1. The van der Waals surface area contributed by atoms with E-state index in [1.807, 2.05) is 4.52 Å². The maximum Gasteiger partial charge on any atom is 0.184 e. The quantitative estimate of drug-likeness (QED) is 0.460. The second kappa shape index (κ2) is 8.20. The number of hydrogen-bond donors (Lipinski definition) is 0. The van der Waals surface area contributed by atoms with E-state index in [4.69, 9.17) is 0 Å². The number of fused-ring (bicyclic) bond motifs is 3. The third kappa shape index (κ3) is 3.44. The number of aromatic nitrogens is 8. The summed E-state index contributed by atoms with van der Waals surface area (Å²) in [5.41, 5.74) is 4.24. The Morgan fingerprint density at radius 3 is 2.56 bits per heavy atom. The lowest BCUT2D eigenvalue weighted by Gasteiger charge is -2.29. The molecule has 0 aliphatic heterocycles. The summed E-state index contributed by atoms with van der Waals surface area (Å²) in [6, 6.07) is 9.59. The molecule has 0 saturated heterocycles. The minimum absolute atomic E-state index is 0.446. The minimum Gasteiger partial charge on any atom is -0.288 e. The zero-order valence-electron chi connectivity index (χ0n) is 18.6. The van der Waals surface area contributed by atoms with Gasteiger partial charge >= 0.3 is 0 Å². The number of nitrogens with zero attached hydrogens (tertiary/aromatic N) is 9. The van der Waals surface area contributed by atoms with Gasteiger partial charge in [-0.15, -0.1) is 10.2 Å². The van der Waals surface area contributed by atoms with Gasteiger partial charge in [0.05, 0.1) is 18.1 Å². The number of rotatable bonds is 6. The fraction of sp³-hybridized carbons (Fsp3) is 0.565. The first-order valence-corrected chi connectivity index (χ1v) is 11.9. The maximum atomic E-state index is 4.44. The lowest BCUT2D eigenvalue weighted by molar-refractivity contribution is 0.171. The molecule has 0 unspecified atom stereocenters. The Balaban J connectivity index is 1.37. The predicted molar refractivity (Wildman–Crippen MR) is 120 cm³/mol. The molecule has 32 heavy (non-hydrogen) atoms. The standard InChI is InChI=1S/C23H29N9/c1-16-7-6-8-17-13-18(23-25-27-29-32(23)22(16)17)14-30(19-9-2-3-10-19)15-21-24-26-28-31(21)20-11-4-5-12-20/h6-8,13,19-20H,2-5,9-12,14-15H2,1H3. The van der Waals surface area contributed by atoms with Crippen molar-refractivity contribution in [1.82, 2.24) is 45.1 Å². The topological polar surface area (TPSA) is 89.9 Å². The maximum absolute atomic E-state index is 4.44. The largest absolute Gasteiger partial charge is 0.288 e. The van der Waals surface area contributed by atoms with Crippen LogP contribution in [-0.4, -0.2) is 51.2 Å². The zero-order valence-corrected chi connectivity index (χ0v) is 18.6. The van der Waals surface area contributed by atoms with Crippen LogP contribution in [-0.2, 0) is 13.1 Å². The van der Waals surface area contributed by atoms with Gasteiger partial charge in [-0.3, -0.25) is 4.90 Å². The summed E-state index contributed by atoms with van der Waals surface area (Å²) >= 11 is 0. The van der Waals surface area contributed by atoms with E-state index in [9.17, 15) is 0 Å². The summed E-state index contributed by atoms with van der Waals surface area (Å²) in [4.78, 5) is 2.55. The van der Waals surface area contributed by atoms with Gasteiger partial charge in [-0.05, 0) is 65.1 Å². The van der Waals surface area contributed by atoms with Crippen molar-refractivity contribution in [3.05, 3.63) is 41.2 Å². The Kier molecular flexibility index (Phi) is 5.05. The van der Waals surface area contributed by atoms with Gasteiger partial charge in [0, 0.05) is 23.5 Å². The molecule has 4 aromatic rings. The van der Waals surface area contributed by atoms with Crippen molar-refractivity contribution in [2.45, 2.75) is 83.5 Å². The number of hydrogen-bond acceptors (Lipinski definition) is 7. The summed E-state index contributed by atoms with van der Waals surface area (Å²) in [5.74, 6) is 0.982. The summed E-state index contributed by atoms with van der Waals surface area (Å²) in [7, 11) is 0. The zero-order chi connectivity index (χ0) is 21.5. The van der Waals surface area contributed by atoms with Gasteiger partial charge in [-0.2, -0.15) is 4.52 Å². The molecule has 2 saturated carbocycles. The van der Waals surface area contributed by atoms with E-state index in [1.165, 1.54) is 62.3 Å². The average molecular weight is 432 g/mol. The van der Waals surface area contributed by atoms with Crippen LogP contribution in [0.4, 0.5) is 0 Å². The molecular formula is C23H29N9. The number of tetrazole rings is 2. The van der Waals surface area contributed by atoms with Crippen LogP contribution in [0.25, 0.3) is 16.6 Å². The molecule has 2 aliphatic rings. The monoisotopic (exact) mass is 431 g/mol. The highest BCUT2D eigenvalue weighted by Crippen LogP contribution is 2.32. The molecule has 0 atom stereocenters. The van der Waals surface area contributed by atoms with Gasteiger partial charge in [-0.25, -0.2) is 4.68 Å². The number of para-hydroxylation sites is 1. The van der Waals surface area contributed by atoms with Crippen LogP contribution in [0.15, 0.2) is 24.3 Å². The summed E-state index contributed by atoms with van der Waals surface area (Å²) in [6.45, 7) is 3.65. The van der Waals surface area contributed by atoms with E-state index in [0.717, 1.165) is 35.6 Å². The van der Waals surface area contributed by atoms with Gasteiger partial charge in [0.15, 0.2) is 11.5 Å². The highest BCUT2D eigenvalue weighted by atomic mass is 15.6. The second-order valence-corrected chi connectivity index (χ2v) is 9.42. The number of benzene rings is 1. The second-order valence-electron chi connectivity index (χ2n) is 9.42. The minimum atomic E-state index is 0.446. The fourth-order valence-corrected chi connectivity index (χ4v) is 5.73. The van der Waals surface area contributed by atoms with Crippen LogP contribution in [0.5, 0.6) is 0 Å². The van der Waals surface area contributed by atoms with Crippen molar-refractivity contribution in [2.75, 3.05) is 0 Å². The molecule has 2 fully saturated rings. The summed E-state index contributed by atoms with van der Waals surface area (Å²) in [6.07, 6.45) is 9.91. The smallest absolute Gasteiger partial charge is 0.184 e. The lowest BCUT2D eigenvalue weighted by atomic mass is 10.1. The Bertz CT molecular complexity index is 1230. The molecule has 0 radical (unpaired) electrons. The van der Waals surface area contributed by atoms with E-state index < -0.39 is 0 Å². The molecule has 1 aromatic carbocycles. The van der Waals surface area contributed by atoms with E-state index in [1.54, 1.807) is 0 Å². The van der Waals surface area contributed by atoms with E-state index in [-0.39, 0.29) is 0 Å². The lowest BCUT2D eigenvalue weighted by Crippen LogP contribution is -2.34. The van der Waals surface area contributed by atoms with Crippen LogP contribution >= 0.6 is 0 Å². The van der Waals surface area contributed by atoms with Crippen LogP contribution < -0.4 is 0 Å². The molecule has 9 nitrogen and oxygen atoms in total. The van der Waals surface area contributed by atoms with Crippen molar-refractivity contribution in [3.8, 4) is 0 Å². The molecule has 0 spiro atoms. The normalized spacial score (nSPS) is 18.1. The van der Waals surface area contributed by atoms with Crippen LogP contribution in [0.3, 0.4) is 0 Å². The molecule has 9 heteroatoms. The third-order valence-electron chi connectivity index (χ3n) is 7.36. The summed E-state index contributed by atoms with van der Waals surface area (Å²) in [5, 5.41) is 26.7. The predicted octanol–water partition coefficient (Wildman–Crippen LogP) is 3.63. The van der Waals surface area contributed by atoms with Crippen molar-refractivity contribution in [1.29, 1.82) is 0 Å². The molecular weight excluding hydrogens is 402 g/mol.